The van der Waals surface area contributed by atoms with Crippen molar-refractivity contribution in [2.75, 3.05) is 5.75 Å². The highest BCUT2D eigenvalue weighted by atomic mass is 32.2. The largest absolute Gasteiger partial charge is 0.618 e. The van der Waals surface area contributed by atoms with Crippen molar-refractivity contribution in [3.8, 4) is 6.07 Å². The van der Waals surface area contributed by atoms with Gasteiger partial charge in [0, 0.05) is 24.0 Å². The van der Waals surface area contributed by atoms with Crippen LogP contribution < -0.4 is 4.73 Å². The van der Waals surface area contributed by atoms with E-state index < -0.39 is 0 Å². The third-order valence-electron chi connectivity index (χ3n) is 1.31. The zero-order valence-corrected chi connectivity index (χ0v) is 7.70. The molecule has 1 heterocycles. The van der Waals surface area contributed by atoms with Crippen molar-refractivity contribution in [2.45, 2.75) is 5.03 Å². The molecule has 0 aliphatic heterocycles. The van der Waals surface area contributed by atoms with E-state index in [1.54, 1.807) is 18.2 Å². The summed E-state index contributed by atoms with van der Waals surface area (Å²) < 4.78 is 0.810. The fourth-order valence-corrected chi connectivity index (χ4v) is 1.48. The molecule has 0 fully saturated rings. The molecule has 0 radical (unpaired) electrons. The first kappa shape index (κ1) is 9.62. The molecule has 1 aromatic rings. The zero-order chi connectivity index (χ0) is 9.52. The summed E-state index contributed by atoms with van der Waals surface area (Å²) in [4.78, 5) is 0. The van der Waals surface area contributed by atoms with Gasteiger partial charge in [-0.25, -0.2) is 0 Å². The van der Waals surface area contributed by atoms with Crippen molar-refractivity contribution in [1.82, 2.24) is 0 Å². The second kappa shape index (κ2) is 5.22. The summed E-state index contributed by atoms with van der Waals surface area (Å²) in [5, 5.41) is 19.9. The molecule has 0 saturated carbocycles. The van der Waals surface area contributed by atoms with Crippen LogP contribution in [0.5, 0.6) is 0 Å². The predicted molar refractivity (Wildman–Crippen MR) is 50.9 cm³/mol. The molecule has 0 amide bonds. The number of thioether (sulfide) groups is 1. The SMILES string of the molecule is N#C/C=C/CSc1cccc[n+]1[O-]. The molecule has 66 valence electrons. The lowest BCUT2D eigenvalue weighted by Gasteiger charge is -2.00. The standard InChI is InChI=1S/C9H8N2OS/c10-6-2-4-8-13-9-5-1-3-7-11(9)12/h1-5,7H,8H2/b4-2+. The van der Waals surface area contributed by atoms with Gasteiger partial charge in [-0.05, 0) is 6.07 Å². The van der Waals surface area contributed by atoms with Crippen LogP contribution in [0.2, 0.25) is 0 Å². The van der Waals surface area contributed by atoms with Gasteiger partial charge in [-0.3, -0.25) is 0 Å². The molecule has 4 heteroatoms. The average Bonchev–Trinajstić information content (AvgIpc) is 2.15. The molecule has 13 heavy (non-hydrogen) atoms. The van der Waals surface area contributed by atoms with Gasteiger partial charge in [0.05, 0.1) is 6.07 Å². The van der Waals surface area contributed by atoms with E-state index in [2.05, 4.69) is 0 Å². The highest BCUT2D eigenvalue weighted by Gasteiger charge is 2.00. The number of rotatable bonds is 3. The summed E-state index contributed by atoms with van der Waals surface area (Å²) in [6, 6.07) is 7.13. The van der Waals surface area contributed by atoms with E-state index in [1.807, 2.05) is 12.1 Å². The van der Waals surface area contributed by atoms with Gasteiger partial charge in [0.2, 0.25) is 0 Å². The molecule has 1 aromatic heterocycles. The van der Waals surface area contributed by atoms with Gasteiger partial charge in [-0.15, -0.1) is 0 Å². The molecule has 0 aliphatic rings. The van der Waals surface area contributed by atoms with E-state index in [9.17, 15) is 5.21 Å². The van der Waals surface area contributed by atoms with Crippen molar-refractivity contribution < 1.29 is 4.73 Å². The number of allylic oxidation sites excluding steroid dienone is 1. The lowest BCUT2D eigenvalue weighted by atomic mass is 10.5. The number of hydrogen-bond acceptors (Lipinski definition) is 3. The molecule has 0 N–H and O–H groups in total. The van der Waals surface area contributed by atoms with Gasteiger partial charge < -0.3 is 5.21 Å². The van der Waals surface area contributed by atoms with Crippen LogP contribution >= 0.6 is 11.8 Å². The first-order chi connectivity index (χ1) is 6.34. The summed E-state index contributed by atoms with van der Waals surface area (Å²) in [5.41, 5.74) is 0. The van der Waals surface area contributed by atoms with Crippen LogP contribution in [0.4, 0.5) is 0 Å². The second-order valence-corrected chi connectivity index (χ2v) is 3.25. The summed E-state index contributed by atoms with van der Waals surface area (Å²) >= 11 is 1.40. The van der Waals surface area contributed by atoms with Crippen LogP contribution in [0.1, 0.15) is 0 Å². The summed E-state index contributed by atoms with van der Waals surface area (Å²) in [6.45, 7) is 0. The summed E-state index contributed by atoms with van der Waals surface area (Å²) in [7, 11) is 0. The van der Waals surface area contributed by atoms with Crippen LogP contribution in [0, 0.1) is 16.5 Å². The van der Waals surface area contributed by atoms with Gasteiger partial charge in [0.15, 0.2) is 6.20 Å². The summed E-state index contributed by atoms with van der Waals surface area (Å²) in [5.74, 6) is 0.639. The zero-order valence-electron chi connectivity index (χ0n) is 6.88. The minimum atomic E-state index is 0.639. The fourth-order valence-electron chi connectivity index (χ4n) is 0.759. The Bertz CT molecular complexity index is 344. The molecule has 0 saturated heterocycles. The van der Waals surface area contributed by atoms with E-state index >= 15 is 0 Å². The smallest absolute Gasteiger partial charge is 0.251 e. The minimum absolute atomic E-state index is 0.639. The third kappa shape index (κ3) is 3.18. The maximum absolute atomic E-state index is 11.1. The predicted octanol–water partition coefficient (Wildman–Crippen LogP) is 1.49. The highest BCUT2D eigenvalue weighted by molar-refractivity contribution is 7.99. The van der Waals surface area contributed by atoms with Gasteiger partial charge in [0.25, 0.3) is 5.03 Å². The van der Waals surface area contributed by atoms with Crippen molar-refractivity contribution in [1.29, 1.82) is 5.26 Å². The van der Waals surface area contributed by atoms with Gasteiger partial charge >= 0.3 is 0 Å². The fraction of sp³-hybridized carbons (Fsp3) is 0.111. The number of nitrogens with zero attached hydrogens (tertiary/aromatic N) is 2. The van der Waals surface area contributed by atoms with Gasteiger partial charge in [-0.2, -0.15) is 9.99 Å². The Morgan fingerprint density at radius 1 is 1.62 bits per heavy atom. The van der Waals surface area contributed by atoms with E-state index in [0.717, 1.165) is 4.73 Å². The van der Waals surface area contributed by atoms with Crippen LogP contribution in [0.3, 0.4) is 0 Å². The molecule has 0 bridgehead atoms. The Hall–Kier alpha value is -1.47. The monoisotopic (exact) mass is 192 g/mol. The van der Waals surface area contributed by atoms with E-state index in [0.29, 0.717) is 10.8 Å². The minimum Gasteiger partial charge on any atom is -0.618 e. The summed E-state index contributed by atoms with van der Waals surface area (Å²) in [6.07, 6.45) is 4.58. The van der Waals surface area contributed by atoms with Crippen molar-refractivity contribution in [2.24, 2.45) is 0 Å². The van der Waals surface area contributed by atoms with Crippen molar-refractivity contribution in [3.05, 3.63) is 41.8 Å². The highest BCUT2D eigenvalue weighted by Crippen LogP contribution is 2.11. The molecule has 1 rings (SSSR count). The molecule has 0 spiro atoms. The Balaban J connectivity index is 2.51. The average molecular weight is 192 g/mol. The van der Waals surface area contributed by atoms with E-state index in [-0.39, 0.29) is 0 Å². The van der Waals surface area contributed by atoms with Crippen molar-refractivity contribution >= 4 is 11.8 Å². The first-order valence-electron chi connectivity index (χ1n) is 3.70. The molecule has 0 unspecified atom stereocenters. The number of hydrogen-bond donors (Lipinski definition) is 0. The molecule has 3 nitrogen and oxygen atoms in total. The van der Waals surface area contributed by atoms with Gasteiger partial charge in [-0.1, -0.05) is 17.8 Å². The van der Waals surface area contributed by atoms with Crippen LogP contribution in [0.25, 0.3) is 0 Å². The lowest BCUT2D eigenvalue weighted by molar-refractivity contribution is -0.645. The Labute approximate surface area is 80.9 Å². The third-order valence-corrected chi connectivity index (χ3v) is 2.28. The normalized spacial score (nSPS) is 10.1. The number of nitriles is 1. The first-order valence-corrected chi connectivity index (χ1v) is 4.69. The van der Waals surface area contributed by atoms with E-state index in [1.165, 1.54) is 24.0 Å². The second-order valence-electron chi connectivity index (χ2n) is 2.21. The molecule has 0 aliphatic carbocycles. The quantitative estimate of drug-likeness (QED) is 0.315. The topological polar surface area (TPSA) is 50.7 Å². The molecule has 0 aromatic carbocycles. The Morgan fingerprint density at radius 3 is 3.15 bits per heavy atom. The molecular weight excluding hydrogens is 184 g/mol. The molecule has 0 atom stereocenters. The van der Waals surface area contributed by atoms with Gasteiger partial charge in [0.1, 0.15) is 0 Å². The van der Waals surface area contributed by atoms with Crippen LogP contribution in [0.15, 0.2) is 41.6 Å². The van der Waals surface area contributed by atoms with Crippen LogP contribution in [-0.2, 0) is 0 Å². The number of pyridine rings is 1. The maximum Gasteiger partial charge on any atom is 0.251 e. The van der Waals surface area contributed by atoms with Crippen molar-refractivity contribution in [3.63, 3.8) is 0 Å². The van der Waals surface area contributed by atoms with E-state index in [4.69, 9.17) is 5.26 Å². The van der Waals surface area contributed by atoms with Crippen LogP contribution in [-0.4, -0.2) is 5.75 Å². The number of aromatic nitrogens is 1. The maximum atomic E-state index is 11.1. The Morgan fingerprint density at radius 2 is 2.46 bits per heavy atom. The Kier molecular flexibility index (Phi) is 3.86. The molecular formula is C9H8N2OS. The lowest BCUT2D eigenvalue weighted by Crippen LogP contribution is -2.27.